The molecule has 7 heteroatoms. The van der Waals surface area contributed by atoms with E-state index in [-0.39, 0.29) is 31.1 Å². The monoisotopic (exact) mass is 328 g/mol. The van der Waals surface area contributed by atoms with Gasteiger partial charge in [-0.05, 0) is 38.8 Å². The van der Waals surface area contributed by atoms with Crippen LogP contribution >= 0.6 is 0 Å². The van der Waals surface area contributed by atoms with Crippen LogP contribution in [0.5, 0.6) is 0 Å². The molecule has 2 fully saturated rings. The standard InChI is InChI=1S/C16H28N2O5/c19-11-14-13(5-4-12(23-14)10-16(21)22)17-15(20)6-9-18-7-2-1-3-8-18/h12-14,19H,1-11H2,(H,17,20)(H,21,22)/t12-,13+,14+/m1/s1. The van der Waals surface area contributed by atoms with Crippen LogP contribution in [-0.2, 0) is 14.3 Å². The Hall–Kier alpha value is -1.18. The van der Waals surface area contributed by atoms with E-state index in [2.05, 4.69) is 10.2 Å². The number of rotatable bonds is 7. The van der Waals surface area contributed by atoms with Gasteiger partial charge in [0.05, 0.1) is 25.2 Å². The second-order valence-electron chi connectivity index (χ2n) is 6.48. The minimum atomic E-state index is -0.907. The Morgan fingerprint density at radius 3 is 2.57 bits per heavy atom. The van der Waals surface area contributed by atoms with E-state index in [0.717, 1.165) is 19.6 Å². The first kappa shape index (κ1) is 18.2. The molecule has 2 rings (SSSR count). The van der Waals surface area contributed by atoms with Crippen molar-refractivity contribution in [3.63, 3.8) is 0 Å². The number of nitrogens with zero attached hydrogens (tertiary/aromatic N) is 1. The minimum Gasteiger partial charge on any atom is -0.481 e. The molecular formula is C16H28N2O5. The van der Waals surface area contributed by atoms with E-state index in [1.54, 1.807) is 0 Å². The smallest absolute Gasteiger partial charge is 0.305 e. The summed E-state index contributed by atoms with van der Waals surface area (Å²) in [4.78, 5) is 25.2. The zero-order valence-corrected chi connectivity index (χ0v) is 13.6. The molecule has 0 aromatic carbocycles. The number of aliphatic carboxylic acids is 1. The van der Waals surface area contributed by atoms with Gasteiger partial charge in [-0.25, -0.2) is 0 Å². The van der Waals surface area contributed by atoms with Crippen molar-refractivity contribution >= 4 is 11.9 Å². The summed E-state index contributed by atoms with van der Waals surface area (Å²) >= 11 is 0. The molecule has 0 unspecified atom stereocenters. The number of ether oxygens (including phenoxy) is 1. The average Bonchev–Trinajstić information content (AvgIpc) is 2.55. The fourth-order valence-electron chi connectivity index (χ4n) is 3.36. The number of hydrogen-bond acceptors (Lipinski definition) is 5. The Kier molecular flexibility index (Phi) is 7.26. The lowest BCUT2D eigenvalue weighted by Crippen LogP contribution is -2.51. The average molecular weight is 328 g/mol. The molecule has 2 aliphatic rings. The molecule has 23 heavy (non-hydrogen) atoms. The third-order valence-electron chi connectivity index (χ3n) is 4.65. The number of amides is 1. The van der Waals surface area contributed by atoms with Crippen molar-refractivity contribution in [1.29, 1.82) is 0 Å². The third-order valence-corrected chi connectivity index (χ3v) is 4.65. The van der Waals surface area contributed by atoms with Crippen LogP contribution in [0.25, 0.3) is 0 Å². The van der Waals surface area contributed by atoms with Crippen LogP contribution in [0, 0.1) is 0 Å². The van der Waals surface area contributed by atoms with Crippen molar-refractivity contribution in [3.8, 4) is 0 Å². The van der Waals surface area contributed by atoms with E-state index in [9.17, 15) is 14.7 Å². The molecule has 132 valence electrons. The summed E-state index contributed by atoms with van der Waals surface area (Å²) in [5.74, 6) is -0.935. The van der Waals surface area contributed by atoms with E-state index < -0.39 is 12.1 Å². The summed E-state index contributed by atoms with van der Waals surface area (Å²) in [6.45, 7) is 2.68. The molecule has 0 spiro atoms. The molecule has 2 aliphatic heterocycles. The van der Waals surface area contributed by atoms with Crippen LogP contribution in [0.2, 0.25) is 0 Å². The molecule has 7 nitrogen and oxygen atoms in total. The number of nitrogens with one attached hydrogen (secondary N) is 1. The fourth-order valence-corrected chi connectivity index (χ4v) is 3.36. The second kappa shape index (κ2) is 9.20. The number of carboxylic acids is 1. The molecule has 0 aromatic heterocycles. The van der Waals surface area contributed by atoms with Crippen molar-refractivity contribution in [1.82, 2.24) is 10.2 Å². The zero-order valence-electron chi connectivity index (χ0n) is 13.6. The van der Waals surface area contributed by atoms with Gasteiger partial charge in [0.2, 0.25) is 5.91 Å². The quantitative estimate of drug-likeness (QED) is 0.624. The van der Waals surface area contributed by atoms with Gasteiger partial charge in [0.25, 0.3) is 0 Å². The highest BCUT2D eigenvalue weighted by atomic mass is 16.5. The molecule has 1 amide bonds. The lowest BCUT2D eigenvalue weighted by molar-refractivity contribution is -0.147. The van der Waals surface area contributed by atoms with Crippen molar-refractivity contribution in [2.45, 2.75) is 63.2 Å². The van der Waals surface area contributed by atoms with Gasteiger partial charge in [-0.1, -0.05) is 6.42 Å². The van der Waals surface area contributed by atoms with Crippen LogP contribution in [0.1, 0.15) is 44.9 Å². The van der Waals surface area contributed by atoms with Gasteiger partial charge >= 0.3 is 5.97 Å². The van der Waals surface area contributed by atoms with Gasteiger partial charge in [-0.15, -0.1) is 0 Å². The number of carbonyl (C=O) groups is 2. The van der Waals surface area contributed by atoms with Crippen molar-refractivity contribution in [3.05, 3.63) is 0 Å². The number of hydrogen-bond donors (Lipinski definition) is 3. The molecule has 0 aromatic rings. The maximum absolute atomic E-state index is 12.1. The Morgan fingerprint density at radius 2 is 1.91 bits per heavy atom. The van der Waals surface area contributed by atoms with Crippen molar-refractivity contribution < 1.29 is 24.5 Å². The van der Waals surface area contributed by atoms with E-state index in [4.69, 9.17) is 9.84 Å². The van der Waals surface area contributed by atoms with Gasteiger partial charge in [0, 0.05) is 13.0 Å². The van der Waals surface area contributed by atoms with Crippen LogP contribution in [0.4, 0.5) is 0 Å². The van der Waals surface area contributed by atoms with Crippen molar-refractivity contribution in [2.75, 3.05) is 26.2 Å². The lowest BCUT2D eigenvalue weighted by atomic mass is 9.97. The number of piperidine rings is 1. The summed E-state index contributed by atoms with van der Waals surface area (Å²) in [5, 5.41) is 21.2. The number of aliphatic hydroxyl groups is 1. The summed E-state index contributed by atoms with van der Waals surface area (Å²) in [5.41, 5.74) is 0. The number of carbonyl (C=O) groups excluding carboxylic acids is 1. The molecule has 2 saturated heterocycles. The molecule has 2 heterocycles. The topological polar surface area (TPSA) is 99.1 Å². The normalized spacial score (nSPS) is 29.2. The SMILES string of the molecule is O=C(O)C[C@H]1CC[C@H](NC(=O)CCN2CCCCC2)[C@H](CO)O1. The molecule has 0 bridgehead atoms. The van der Waals surface area contributed by atoms with Gasteiger partial charge in [0.1, 0.15) is 6.10 Å². The van der Waals surface area contributed by atoms with E-state index in [1.165, 1.54) is 19.3 Å². The zero-order chi connectivity index (χ0) is 16.7. The van der Waals surface area contributed by atoms with Gasteiger partial charge in [-0.3, -0.25) is 9.59 Å². The van der Waals surface area contributed by atoms with Gasteiger partial charge in [0.15, 0.2) is 0 Å². The maximum atomic E-state index is 12.1. The fraction of sp³-hybridized carbons (Fsp3) is 0.875. The Bertz CT molecular complexity index is 398. The number of carboxylic acid groups (broad SMARTS) is 1. The lowest BCUT2D eigenvalue weighted by Gasteiger charge is -2.35. The largest absolute Gasteiger partial charge is 0.481 e. The minimum absolute atomic E-state index is 0.0284. The first-order chi connectivity index (χ1) is 11.1. The highest BCUT2D eigenvalue weighted by Gasteiger charge is 2.32. The molecule has 0 saturated carbocycles. The predicted molar refractivity (Wildman–Crippen MR) is 84.1 cm³/mol. The Labute approximate surface area is 137 Å². The van der Waals surface area contributed by atoms with Crippen molar-refractivity contribution in [2.24, 2.45) is 0 Å². The summed E-state index contributed by atoms with van der Waals surface area (Å²) in [6, 6.07) is -0.237. The van der Waals surface area contributed by atoms with Crippen LogP contribution in [0.15, 0.2) is 0 Å². The van der Waals surface area contributed by atoms with E-state index >= 15 is 0 Å². The maximum Gasteiger partial charge on any atom is 0.305 e. The first-order valence-electron chi connectivity index (χ1n) is 8.58. The summed E-state index contributed by atoms with van der Waals surface area (Å²) < 4.78 is 5.60. The van der Waals surface area contributed by atoms with Crippen LogP contribution in [0.3, 0.4) is 0 Å². The molecule has 3 atom stereocenters. The predicted octanol–water partition coefficient (Wildman–Crippen LogP) is 0.362. The molecule has 3 N–H and O–H groups in total. The summed E-state index contributed by atoms with van der Waals surface area (Å²) in [7, 11) is 0. The van der Waals surface area contributed by atoms with E-state index in [1.807, 2.05) is 0 Å². The van der Waals surface area contributed by atoms with Gasteiger partial charge in [-0.2, -0.15) is 0 Å². The highest BCUT2D eigenvalue weighted by molar-refractivity contribution is 5.76. The molecule has 0 radical (unpaired) electrons. The highest BCUT2D eigenvalue weighted by Crippen LogP contribution is 2.22. The molecular weight excluding hydrogens is 300 g/mol. The number of likely N-dealkylation sites (tertiary alicyclic amines) is 1. The van der Waals surface area contributed by atoms with Crippen LogP contribution < -0.4 is 5.32 Å². The second-order valence-corrected chi connectivity index (χ2v) is 6.48. The Balaban J connectivity index is 1.72. The third kappa shape index (κ3) is 6.08. The van der Waals surface area contributed by atoms with Crippen LogP contribution in [-0.4, -0.2) is 71.5 Å². The summed E-state index contributed by atoms with van der Waals surface area (Å²) in [6.07, 6.45) is 4.39. The first-order valence-corrected chi connectivity index (χ1v) is 8.58. The van der Waals surface area contributed by atoms with Gasteiger partial charge < -0.3 is 25.2 Å². The molecule has 0 aliphatic carbocycles. The Morgan fingerprint density at radius 1 is 1.17 bits per heavy atom. The van der Waals surface area contributed by atoms with E-state index in [0.29, 0.717) is 19.3 Å². The number of aliphatic hydroxyl groups excluding tert-OH is 1.